The molecule has 2 aromatic carbocycles. The highest BCUT2D eigenvalue weighted by Crippen LogP contribution is 2.35. The summed E-state index contributed by atoms with van der Waals surface area (Å²) in [5.74, 6) is 2.64. The molecule has 7 heteroatoms. The van der Waals surface area contributed by atoms with Crippen molar-refractivity contribution in [2.45, 2.75) is 19.3 Å². The maximum Gasteiger partial charge on any atom is 0.193 e. The number of halogens is 1. The molecular formula is C20H26IN3O3. The van der Waals surface area contributed by atoms with E-state index in [-0.39, 0.29) is 29.4 Å². The lowest BCUT2D eigenvalue weighted by Crippen LogP contribution is -2.28. The molecule has 3 rings (SSSR count). The van der Waals surface area contributed by atoms with Gasteiger partial charge in [0.05, 0.1) is 19.3 Å². The minimum Gasteiger partial charge on any atom is -0.495 e. The molecule has 0 aromatic heterocycles. The van der Waals surface area contributed by atoms with Gasteiger partial charge in [0.25, 0.3) is 0 Å². The second-order valence-corrected chi connectivity index (χ2v) is 6.77. The number of anilines is 1. The Hall–Kier alpha value is -2.16. The van der Waals surface area contributed by atoms with Gasteiger partial charge in [0.15, 0.2) is 17.5 Å². The highest BCUT2D eigenvalue weighted by Gasteiger charge is 2.23. The van der Waals surface area contributed by atoms with Gasteiger partial charge in [-0.2, -0.15) is 0 Å². The van der Waals surface area contributed by atoms with Gasteiger partial charge in [0, 0.05) is 5.41 Å². The van der Waals surface area contributed by atoms with E-state index in [1.165, 1.54) is 0 Å². The van der Waals surface area contributed by atoms with Gasteiger partial charge in [-0.3, -0.25) is 4.99 Å². The van der Waals surface area contributed by atoms with Crippen LogP contribution in [0.1, 0.15) is 19.4 Å². The van der Waals surface area contributed by atoms with Crippen molar-refractivity contribution in [1.82, 2.24) is 0 Å². The number of fused-ring (bicyclic) bond motifs is 1. The molecule has 1 aliphatic heterocycles. The van der Waals surface area contributed by atoms with Gasteiger partial charge in [-0.05, 0) is 29.8 Å². The summed E-state index contributed by atoms with van der Waals surface area (Å²) in [6.45, 7) is 5.94. The highest BCUT2D eigenvalue weighted by atomic mass is 127. The Morgan fingerprint density at radius 3 is 2.59 bits per heavy atom. The number of aliphatic imine (C=N–C) groups is 1. The van der Waals surface area contributed by atoms with Crippen molar-refractivity contribution in [2.24, 2.45) is 10.7 Å². The average Bonchev–Trinajstić information content (AvgIpc) is 2.66. The molecule has 146 valence electrons. The largest absolute Gasteiger partial charge is 0.495 e. The number of para-hydroxylation sites is 2. The van der Waals surface area contributed by atoms with Crippen molar-refractivity contribution >= 4 is 35.6 Å². The number of rotatable bonds is 5. The Bertz CT molecular complexity index is 809. The molecule has 0 fully saturated rings. The van der Waals surface area contributed by atoms with Crippen LogP contribution in [-0.2, 0) is 5.41 Å². The molecule has 0 spiro atoms. The quantitative estimate of drug-likeness (QED) is 0.385. The standard InChI is InChI=1S/C20H25N3O3.HI/c1-20(2,14-8-9-17-18(12-14)26-11-10-25-17)13-22-19(21)23-15-6-4-5-7-16(15)24-3;/h4-9,12H,10-11,13H2,1-3H3,(H3,21,22,23);1H. The molecule has 1 heterocycles. The first kappa shape index (κ1) is 21.1. The molecular weight excluding hydrogens is 457 g/mol. The number of methoxy groups -OCH3 is 1. The van der Waals surface area contributed by atoms with Crippen LogP contribution in [0.25, 0.3) is 0 Å². The molecule has 0 atom stereocenters. The van der Waals surface area contributed by atoms with E-state index < -0.39 is 0 Å². The Labute approximate surface area is 177 Å². The summed E-state index contributed by atoms with van der Waals surface area (Å²) in [5.41, 5.74) is 7.77. The lowest BCUT2D eigenvalue weighted by molar-refractivity contribution is 0.171. The second-order valence-electron chi connectivity index (χ2n) is 6.77. The summed E-state index contributed by atoms with van der Waals surface area (Å²) < 4.78 is 16.6. The van der Waals surface area contributed by atoms with E-state index >= 15 is 0 Å². The lowest BCUT2D eigenvalue weighted by Gasteiger charge is -2.26. The Kier molecular flexibility index (Phi) is 7.18. The molecule has 0 bridgehead atoms. The fourth-order valence-corrected chi connectivity index (χ4v) is 2.76. The van der Waals surface area contributed by atoms with Crippen molar-refractivity contribution in [3.05, 3.63) is 48.0 Å². The third kappa shape index (κ3) is 5.18. The highest BCUT2D eigenvalue weighted by molar-refractivity contribution is 14.0. The maximum atomic E-state index is 6.06. The molecule has 27 heavy (non-hydrogen) atoms. The number of ether oxygens (including phenoxy) is 3. The average molecular weight is 483 g/mol. The van der Waals surface area contributed by atoms with Crippen LogP contribution in [-0.4, -0.2) is 32.8 Å². The van der Waals surface area contributed by atoms with Gasteiger partial charge in [-0.15, -0.1) is 24.0 Å². The maximum absolute atomic E-state index is 6.06. The molecule has 0 radical (unpaired) electrons. The first-order valence-corrected chi connectivity index (χ1v) is 8.60. The van der Waals surface area contributed by atoms with Gasteiger partial charge in [-0.25, -0.2) is 0 Å². The summed E-state index contributed by atoms with van der Waals surface area (Å²) in [7, 11) is 1.62. The van der Waals surface area contributed by atoms with Gasteiger partial charge in [-0.1, -0.05) is 32.0 Å². The smallest absolute Gasteiger partial charge is 0.193 e. The number of nitrogens with zero attached hydrogens (tertiary/aromatic N) is 1. The van der Waals surface area contributed by atoms with Crippen LogP contribution in [0.5, 0.6) is 17.2 Å². The first-order valence-electron chi connectivity index (χ1n) is 8.60. The number of benzene rings is 2. The molecule has 6 nitrogen and oxygen atoms in total. The zero-order chi connectivity index (χ0) is 18.6. The summed E-state index contributed by atoms with van der Waals surface area (Å²) in [6.07, 6.45) is 0. The van der Waals surface area contributed by atoms with Crippen LogP contribution >= 0.6 is 24.0 Å². The van der Waals surface area contributed by atoms with Crippen LogP contribution < -0.4 is 25.3 Å². The number of guanidine groups is 1. The zero-order valence-electron chi connectivity index (χ0n) is 15.8. The lowest BCUT2D eigenvalue weighted by atomic mass is 9.84. The van der Waals surface area contributed by atoms with Crippen molar-refractivity contribution in [1.29, 1.82) is 0 Å². The van der Waals surface area contributed by atoms with Gasteiger partial charge in [0.2, 0.25) is 0 Å². The first-order chi connectivity index (χ1) is 12.5. The number of hydrogen-bond donors (Lipinski definition) is 2. The Morgan fingerprint density at radius 1 is 1.15 bits per heavy atom. The monoisotopic (exact) mass is 483 g/mol. The molecule has 0 saturated carbocycles. The molecule has 3 N–H and O–H groups in total. The van der Waals surface area contributed by atoms with E-state index in [4.69, 9.17) is 19.9 Å². The topological polar surface area (TPSA) is 78.1 Å². The zero-order valence-corrected chi connectivity index (χ0v) is 18.2. The van der Waals surface area contributed by atoms with Crippen molar-refractivity contribution in [2.75, 3.05) is 32.2 Å². The summed E-state index contributed by atoms with van der Waals surface area (Å²) in [6, 6.07) is 13.6. The normalized spacial score (nSPS) is 13.5. The predicted molar refractivity (Wildman–Crippen MR) is 119 cm³/mol. The number of nitrogens with two attached hydrogens (primary N) is 1. The molecule has 0 aliphatic carbocycles. The number of hydrogen-bond acceptors (Lipinski definition) is 4. The van der Waals surface area contributed by atoms with E-state index in [2.05, 4.69) is 24.2 Å². The number of nitrogens with one attached hydrogen (secondary N) is 1. The summed E-state index contributed by atoms with van der Waals surface area (Å²) in [4.78, 5) is 4.51. The third-order valence-corrected chi connectivity index (χ3v) is 4.34. The van der Waals surface area contributed by atoms with Crippen LogP contribution in [0.4, 0.5) is 5.69 Å². The van der Waals surface area contributed by atoms with E-state index in [1.807, 2.05) is 42.5 Å². The fourth-order valence-electron chi connectivity index (χ4n) is 2.76. The predicted octanol–water partition coefficient (Wildman–Crippen LogP) is 3.79. The van der Waals surface area contributed by atoms with Gasteiger partial charge >= 0.3 is 0 Å². The Balaban J connectivity index is 0.00000261. The minimum atomic E-state index is -0.205. The molecule has 1 aliphatic rings. The molecule has 0 unspecified atom stereocenters. The van der Waals surface area contributed by atoms with Crippen molar-refractivity contribution < 1.29 is 14.2 Å². The van der Waals surface area contributed by atoms with Crippen LogP contribution in [0.2, 0.25) is 0 Å². The van der Waals surface area contributed by atoms with Crippen molar-refractivity contribution in [3.8, 4) is 17.2 Å². The summed E-state index contributed by atoms with van der Waals surface area (Å²) >= 11 is 0. The van der Waals surface area contributed by atoms with Gasteiger partial charge < -0.3 is 25.3 Å². The van der Waals surface area contributed by atoms with Crippen LogP contribution in [0.15, 0.2) is 47.5 Å². The van der Waals surface area contributed by atoms with E-state index in [0.29, 0.717) is 25.7 Å². The minimum absolute atomic E-state index is 0. The third-order valence-electron chi connectivity index (χ3n) is 4.34. The Morgan fingerprint density at radius 2 is 1.85 bits per heavy atom. The van der Waals surface area contributed by atoms with E-state index in [0.717, 1.165) is 28.5 Å². The molecule has 0 amide bonds. The molecule has 2 aromatic rings. The van der Waals surface area contributed by atoms with Crippen molar-refractivity contribution in [3.63, 3.8) is 0 Å². The van der Waals surface area contributed by atoms with Crippen LogP contribution in [0, 0.1) is 0 Å². The second kappa shape index (κ2) is 9.16. The van der Waals surface area contributed by atoms with Gasteiger partial charge in [0.1, 0.15) is 19.0 Å². The molecule has 0 saturated heterocycles. The summed E-state index contributed by atoms with van der Waals surface area (Å²) in [5, 5.41) is 3.09. The van der Waals surface area contributed by atoms with E-state index in [9.17, 15) is 0 Å². The van der Waals surface area contributed by atoms with E-state index in [1.54, 1.807) is 7.11 Å². The fraction of sp³-hybridized carbons (Fsp3) is 0.350. The van der Waals surface area contributed by atoms with Crippen LogP contribution in [0.3, 0.4) is 0 Å². The SMILES string of the molecule is COc1ccccc1NC(N)=NCC(C)(C)c1ccc2c(c1)OCCO2.I.